The molecule has 0 N–H and O–H groups in total. The molecule has 18 heavy (non-hydrogen) atoms. The maximum atomic E-state index is 12.7. The summed E-state index contributed by atoms with van der Waals surface area (Å²) in [5.41, 5.74) is 0. The van der Waals surface area contributed by atoms with Crippen molar-refractivity contribution >= 4 is 0 Å². The average Bonchev–Trinajstić information content (AvgIpc) is 2.27. The number of hydrogen-bond donors (Lipinski definition) is 0. The lowest BCUT2D eigenvalue weighted by Gasteiger charge is -2.30. The molecule has 0 rings (SSSR count). The van der Waals surface area contributed by atoms with Crippen LogP contribution in [0.4, 0.5) is 35.1 Å². The molecule has 0 saturated carbocycles. The number of alkyl halides is 8. The minimum absolute atomic E-state index is 0.587. The second-order valence-corrected chi connectivity index (χ2v) is 3.08. The molecule has 2 nitrogen and oxygen atoms in total. The third kappa shape index (κ3) is 3.44. The molecule has 0 amide bonds. The predicted octanol–water partition coefficient (Wildman–Crippen LogP) is 3.09. The van der Waals surface area contributed by atoms with Gasteiger partial charge in [0.1, 0.15) is 0 Å². The van der Waals surface area contributed by atoms with Crippen molar-refractivity contribution in [1.29, 1.82) is 5.26 Å². The highest BCUT2D eigenvalue weighted by Gasteiger charge is 2.69. The van der Waals surface area contributed by atoms with Crippen LogP contribution in [0.25, 0.3) is 0 Å². The van der Waals surface area contributed by atoms with Crippen molar-refractivity contribution in [2.75, 3.05) is 6.61 Å². The third-order valence-electron chi connectivity index (χ3n) is 1.78. The van der Waals surface area contributed by atoms with Gasteiger partial charge < -0.3 is 4.74 Å². The van der Waals surface area contributed by atoms with E-state index < -0.39 is 43.8 Å². The second-order valence-electron chi connectivity index (χ2n) is 3.08. The normalized spacial score (nSPS) is 16.4. The van der Waals surface area contributed by atoms with Gasteiger partial charge in [0.05, 0.1) is 19.1 Å². The van der Waals surface area contributed by atoms with Crippen molar-refractivity contribution < 1.29 is 39.9 Å². The van der Waals surface area contributed by atoms with Gasteiger partial charge in [0, 0.05) is 0 Å². The van der Waals surface area contributed by atoms with Crippen molar-refractivity contribution in [3.05, 3.63) is 0 Å². The van der Waals surface area contributed by atoms with Crippen molar-refractivity contribution in [2.45, 2.75) is 37.2 Å². The van der Waals surface area contributed by atoms with Crippen LogP contribution in [-0.4, -0.2) is 37.4 Å². The van der Waals surface area contributed by atoms with Crippen LogP contribution in [0.3, 0.4) is 0 Å². The molecule has 0 aliphatic rings. The molecular formula is C8H7F8NO. The fraction of sp³-hybridized carbons (Fsp3) is 0.875. The lowest BCUT2D eigenvalue weighted by molar-refractivity contribution is -0.319. The highest BCUT2D eigenvalue weighted by Crippen LogP contribution is 2.44. The zero-order valence-electron chi connectivity index (χ0n) is 8.53. The molecule has 0 radical (unpaired) electrons. The average molecular weight is 285 g/mol. The molecule has 0 aromatic rings. The zero-order chi connectivity index (χ0) is 14.6. The lowest BCUT2D eigenvalue weighted by Crippen LogP contribution is -2.56. The number of nitriles is 1. The smallest absolute Gasteiger partial charge is 0.342 e. The second kappa shape index (κ2) is 6.17. The van der Waals surface area contributed by atoms with E-state index in [0.717, 1.165) is 0 Å². The molecule has 0 fully saturated rings. The Hall–Kier alpha value is -1.11. The van der Waals surface area contributed by atoms with E-state index in [1.807, 2.05) is 0 Å². The van der Waals surface area contributed by atoms with Gasteiger partial charge in [-0.3, -0.25) is 0 Å². The monoisotopic (exact) mass is 285 g/mol. The van der Waals surface area contributed by atoms with Crippen LogP contribution in [-0.2, 0) is 4.74 Å². The molecule has 0 spiro atoms. The molecule has 10 heteroatoms. The summed E-state index contributed by atoms with van der Waals surface area (Å²) in [6.45, 7) is -0.963. The summed E-state index contributed by atoms with van der Waals surface area (Å²) in [4.78, 5) is 0. The van der Waals surface area contributed by atoms with E-state index in [0.29, 0.717) is 0 Å². The van der Waals surface area contributed by atoms with Crippen LogP contribution in [0.15, 0.2) is 0 Å². The molecule has 2 atom stereocenters. The number of rotatable bonds is 7. The van der Waals surface area contributed by atoms with Gasteiger partial charge in [-0.25, -0.2) is 17.6 Å². The Balaban J connectivity index is 4.83. The number of ether oxygens (including phenoxy) is 1. The molecule has 0 aliphatic heterocycles. The quantitative estimate of drug-likeness (QED) is 0.532. The largest absolute Gasteiger partial charge is 0.367 e. The van der Waals surface area contributed by atoms with E-state index in [4.69, 9.17) is 5.26 Å². The number of hydrogen-bond acceptors (Lipinski definition) is 2. The van der Waals surface area contributed by atoms with Crippen molar-refractivity contribution in [3.8, 4) is 6.07 Å². The summed E-state index contributed by atoms with van der Waals surface area (Å²) in [5.74, 6) is -11.7. The van der Waals surface area contributed by atoms with E-state index in [1.165, 1.54) is 6.07 Å². The Kier molecular flexibility index (Phi) is 5.79. The first-order chi connectivity index (χ1) is 8.09. The van der Waals surface area contributed by atoms with Crippen molar-refractivity contribution in [1.82, 2.24) is 0 Å². The van der Waals surface area contributed by atoms with Gasteiger partial charge >= 0.3 is 11.8 Å². The third-order valence-corrected chi connectivity index (χ3v) is 1.78. The van der Waals surface area contributed by atoms with Gasteiger partial charge in [-0.1, -0.05) is 0 Å². The molecule has 0 aromatic heterocycles. The first-order valence-corrected chi connectivity index (χ1v) is 4.39. The maximum Gasteiger partial charge on any atom is 0.367 e. The minimum Gasteiger partial charge on any atom is -0.342 e. The van der Waals surface area contributed by atoms with Crippen molar-refractivity contribution in [2.24, 2.45) is 0 Å². The summed E-state index contributed by atoms with van der Waals surface area (Å²) >= 11 is 0. The van der Waals surface area contributed by atoms with Crippen LogP contribution in [0.1, 0.15) is 6.42 Å². The van der Waals surface area contributed by atoms with Crippen LogP contribution < -0.4 is 0 Å². The summed E-state index contributed by atoms with van der Waals surface area (Å²) in [6, 6.07) is 1.34. The Labute approximate surface area is 96.1 Å². The minimum atomic E-state index is -5.94. The molecule has 2 unspecified atom stereocenters. The molecule has 0 aliphatic carbocycles. The molecule has 0 saturated heterocycles. The van der Waals surface area contributed by atoms with Crippen LogP contribution in [0.2, 0.25) is 0 Å². The summed E-state index contributed by atoms with van der Waals surface area (Å²) < 4.78 is 102. The molecule has 106 valence electrons. The van der Waals surface area contributed by atoms with Gasteiger partial charge in [-0.05, 0) is 0 Å². The molecule has 0 aromatic carbocycles. The molecular weight excluding hydrogens is 278 g/mol. The van der Waals surface area contributed by atoms with E-state index in [9.17, 15) is 35.1 Å². The summed E-state index contributed by atoms with van der Waals surface area (Å²) in [5, 5.41) is 7.96. The van der Waals surface area contributed by atoms with Crippen LogP contribution in [0.5, 0.6) is 0 Å². The van der Waals surface area contributed by atoms with E-state index in [2.05, 4.69) is 4.74 Å². The van der Waals surface area contributed by atoms with E-state index in [-0.39, 0.29) is 0 Å². The first-order valence-electron chi connectivity index (χ1n) is 4.39. The molecule has 0 bridgehead atoms. The van der Waals surface area contributed by atoms with Gasteiger partial charge in [0.25, 0.3) is 12.8 Å². The van der Waals surface area contributed by atoms with Crippen LogP contribution >= 0.6 is 0 Å². The van der Waals surface area contributed by atoms with Gasteiger partial charge in [0.15, 0.2) is 0 Å². The SMILES string of the molecule is N#CCCOC(F)C(F)(F)C(F)(F)C(F)C(F)F. The Morgan fingerprint density at radius 1 is 1.00 bits per heavy atom. The van der Waals surface area contributed by atoms with Gasteiger partial charge in [0.2, 0.25) is 6.17 Å². The summed E-state index contributed by atoms with van der Waals surface area (Å²) in [6.07, 6.45) is -13.5. The number of halogens is 8. The van der Waals surface area contributed by atoms with Gasteiger partial charge in [-0.15, -0.1) is 0 Å². The maximum absolute atomic E-state index is 12.7. The number of nitrogens with zero attached hydrogens (tertiary/aromatic N) is 1. The zero-order valence-corrected chi connectivity index (χ0v) is 8.53. The Morgan fingerprint density at radius 2 is 1.50 bits per heavy atom. The fourth-order valence-electron chi connectivity index (χ4n) is 0.806. The fourth-order valence-corrected chi connectivity index (χ4v) is 0.806. The highest BCUT2D eigenvalue weighted by atomic mass is 19.3. The Bertz CT molecular complexity index is 302. The van der Waals surface area contributed by atoms with E-state index >= 15 is 0 Å². The summed E-state index contributed by atoms with van der Waals surface area (Å²) in [7, 11) is 0. The predicted molar refractivity (Wildman–Crippen MR) is 41.9 cm³/mol. The van der Waals surface area contributed by atoms with Crippen molar-refractivity contribution in [3.63, 3.8) is 0 Å². The Morgan fingerprint density at radius 3 is 1.89 bits per heavy atom. The van der Waals surface area contributed by atoms with Gasteiger partial charge in [-0.2, -0.15) is 22.8 Å². The topological polar surface area (TPSA) is 33.0 Å². The highest BCUT2D eigenvalue weighted by molar-refractivity contribution is 4.94. The lowest BCUT2D eigenvalue weighted by atomic mass is 10.1. The standard InChI is InChI=1S/C8H7F8NO/c9-4(5(10)11)7(13,14)8(15,16)6(12)18-3-1-2-17/h4-6H,1,3H2. The van der Waals surface area contributed by atoms with E-state index in [1.54, 1.807) is 0 Å². The first kappa shape index (κ1) is 16.9. The molecule has 0 heterocycles. The van der Waals surface area contributed by atoms with Crippen LogP contribution in [0, 0.1) is 11.3 Å².